The summed E-state index contributed by atoms with van der Waals surface area (Å²) in [4.78, 5) is 34.2. The third kappa shape index (κ3) is 16.2. The van der Waals surface area contributed by atoms with E-state index in [4.69, 9.17) is 0 Å². The van der Waals surface area contributed by atoms with E-state index in [0.29, 0.717) is 23.4 Å². The highest BCUT2D eigenvalue weighted by Gasteiger charge is 2.32. The molecule has 105 heavy (non-hydrogen) atoms. The Hall–Kier alpha value is -9.73. The molecule has 0 bridgehead atoms. The number of benzene rings is 14. The van der Waals surface area contributed by atoms with Crippen LogP contribution in [0.15, 0.2) is 278 Å². The monoisotopic (exact) mass is 1500 g/mol. The Morgan fingerprint density at radius 1 is 0.381 bits per heavy atom. The lowest BCUT2D eigenvalue weighted by Crippen LogP contribution is -2.17. The fraction of sp³-hybridized carbons (Fsp3) is 0.214. The number of hydrogen-bond donors (Lipinski definition) is 2. The van der Waals surface area contributed by atoms with Gasteiger partial charge >= 0.3 is 0 Å². The molecule has 0 heterocycles. The molecule has 0 amide bonds. The van der Waals surface area contributed by atoms with E-state index in [-0.39, 0.29) is 28.7 Å². The highest BCUT2D eigenvalue weighted by atomic mass is 79.9. The molecule has 526 valence electrons. The number of ketones is 2. The molecule has 0 spiro atoms. The maximum Gasteiger partial charge on any atom is 0.213 e. The SMILES string of the molecule is CC(C)(Br)C(=O)Br.CC1=Cc2c(ccc3ccccc23)C1.CC1=Cc2ccc3ccccc3c2C1.CC1Cc2c(ccc3ccccc23)C1=O.CC1Cc2c(ccc3ccccc23)C1O.CC1Cc2ccc3ccccc3c2C1=O.CC1Cc2ccc3ccccc3c2C1O.c1ccc2ccccc2c1. The number of allylic oxidation sites excluding steroid dienone is 2. The Labute approximate surface area is 634 Å². The molecule has 14 aromatic rings. The molecule has 0 aliphatic heterocycles. The second-order valence-corrected chi connectivity index (χ2v) is 32.4. The van der Waals surface area contributed by atoms with Crippen LogP contribution in [0, 0.1) is 23.7 Å². The van der Waals surface area contributed by atoms with Gasteiger partial charge < -0.3 is 10.2 Å². The van der Waals surface area contributed by atoms with E-state index < -0.39 is 4.32 Å². The van der Waals surface area contributed by atoms with Crippen molar-refractivity contribution in [1.82, 2.24) is 0 Å². The van der Waals surface area contributed by atoms with E-state index in [1.165, 1.54) is 126 Å². The summed E-state index contributed by atoms with van der Waals surface area (Å²) in [6, 6.07) is 92.7. The molecular formula is C98H90Br2O5. The number of hydrogen-bond acceptors (Lipinski definition) is 5. The van der Waals surface area contributed by atoms with Gasteiger partial charge in [-0.2, -0.15) is 0 Å². The summed E-state index contributed by atoms with van der Waals surface area (Å²) in [6.07, 6.45) is 10.1. The number of aliphatic hydroxyl groups is 2. The van der Waals surface area contributed by atoms with Gasteiger partial charge in [-0.05, 0) is 225 Å². The number of aliphatic hydroxyl groups excluding tert-OH is 2. The lowest BCUT2D eigenvalue weighted by Gasteiger charge is -2.11. The first-order valence-electron chi connectivity index (χ1n) is 36.8. The van der Waals surface area contributed by atoms with Crippen molar-refractivity contribution in [3.05, 3.63) is 345 Å². The second-order valence-electron chi connectivity index (χ2n) is 29.7. The van der Waals surface area contributed by atoms with E-state index >= 15 is 0 Å². The standard InChI is InChI=1S/C14H14O.C14H12O.C14H14O.C14H12O.2C14H12.C10H8.C4H6Br2O/c2*1-9-8-11-7-6-10-4-2-3-5-12(10)13(11)14(9)15;2*1-9-8-13-11-5-3-2-4-10(11)6-7-12(13)14(9)15;2*1-10-8-12-7-6-11-4-2-3-5-13(11)14(12)9-10;1-2-6-10-8-4-3-7-9(10)5-1;1-4(2,6)3(5)7/h2-7,9,14-15H,8H2,1H3;2-7,9H,8H2,1H3;2-7,9,14-15H,8H2,1H3;2-7,9H,8H2,1H3;2-7,9H,8H2,1H3;2-8H,9H2,1H3;1-8H;1-2H3. The fourth-order valence-electron chi connectivity index (χ4n) is 15.8. The van der Waals surface area contributed by atoms with Crippen molar-refractivity contribution in [2.75, 3.05) is 0 Å². The summed E-state index contributed by atoms with van der Waals surface area (Å²) in [5, 5.41) is 38.1. The first-order chi connectivity index (χ1) is 50.7. The van der Waals surface area contributed by atoms with Crippen molar-refractivity contribution in [1.29, 1.82) is 0 Å². The molecule has 6 unspecified atom stereocenters. The van der Waals surface area contributed by atoms with E-state index in [1.807, 2.05) is 68.4 Å². The van der Waals surface area contributed by atoms with Gasteiger partial charge in [-0.15, -0.1) is 0 Å². The molecule has 14 aromatic carbocycles. The molecule has 0 fully saturated rings. The van der Waals surface area contributed by atoms with Crippen molar-refractivity contribution < 1.29 is 24.6 Å². The number of halogens is 2. The van der Waals surface area contributed by atoms with E-state index in [1.54, 1.807) is 13.8 Å². The van der Waals surface area contributed by atoms with Crippen molar-refractivity contribution in [3.63, 3.8) is 0 Å². The molecule has 6 atom stereocenters. The molecule has 0 radical (unpaired) electrons. The zero-order valence-corrected chi connectivity index (χ0v) is 64.3. The van der Waals surface area contributed by atoms with Crippen molar-refractivity contribution in [3.8, 4) is 0 Å². The van der Waals surface area contributed by atoms with Gasteiger partial charge in [0.1, 0.15) is 0 Å². The predicted molar refractivity (Wildman–Crippen MR) is 449 cm³/mol. The van der Waals surface area contributed by atoms with Crippen LogP contribution in [0.4, 0.5) is 0 Å². The number of carbonyl (C=O) groups is 3. The largest absolute Gasteiger partial charge is 0.388 e. The van der Waals surface area contributed by atoms with Crippen LogP contribution in [0.5, 0.6) is 0 Å². The van der Waals surface area contributed by atoms with Gasteiger partial charge in [-0.1, -0.05) is 334 Å². The van der Waals surface area contributed by atoms with Gasteiger partial charge in [-0.25, -0.2) is 0 Å². The van der Waals surface area contributed by atoms with Crippen LogP contribution >= 0.6 is 31.9 Å². The molecule has 0 saturated carbocycles. The van der Waals surface area contributed by atoms with Crippen LogP contribution in [0.2, 0.25) is 0 Å². The van der Waals surface area contributed by atoms with Crippen molar-refractivity contribution in [2.24, 2.45) is 23.7 Å². The fourth-order valence-corrected chi connectivity index (χ4v) is 15.8. The molecule has 5 nitrogen and oxygen atoms in total. The van der Waals surface area contributed by atoms with Gasteiger partial charge in [-0.3, -0.25) is 14.4 Å². The Bertz CT molecular complexity index is 5610. The molecule has 0 aromatic heterocycles. The minimum atomic E-state index is -0.410. The molecular weight excluding hydrogens is 1420 g/mol. The van der Waals surface area contributed by atoms with Crippen LogP contribution < -0.4 is 0 Å². The van der Waals surface area contributed by atoms with Gasteiger partial charge in [0.05, 0.1) is 16.5 Å². The number of carbonyl (C=O) groups excluding carboxylic acids is 3. The highest BCUT2D eigenvalue weighted by molar-refractivity contribution is 9.20. The Morgan fingerprint density at radius 2 is 0.781 bits per heavy atom. The first-order valence-corrected chi connectivity index (χ1v) is 38.4. The first kappa shape index (κ1) is 73.6. The maximum atomic E-state index is 12.0. The zero-order chi connectivity index (χ0) is 73.6. The lowest BCUT2D eigenvalue weighted by atomic mass is 9.99. The molecule has 6 aliphatic carbocycles. The maximum absolute atomic E-state index is 12.0. The Morgan fingerprint density at radius 3 is 1.34 bits per heavy atom. The number of fused-ring (bicyclic) bond motifs is 19. The van der Waals surface area contributed by atoms with Crippen LogP contribution in [0.25, 0.3) is 87.6 Å². The minimum absolute atomic E-state index is 0.0278. The Balaban J connectivity index is 0.000000107. The van der Waals surface area contributed by atoms with E-state index in [2.05, 4.69) is 284 Å². The normalized spacial score (nSPS) is 18.1. The second kappa shape index (κ2) is 32.3. The van der Waals surface area contributed by atoms with Crippen LogP contribution in [-0.2, 0) is 43.3 Å². The van der Waals surface area contributed by atoms with Crippen LogP contribution in [-0.4, -0.2) is 30.8 Å². The smallest absolute Gasteiger partial charge is 0.213 e. The van der Waals surface area contributed by atoms with Crippen LogP contribution in [0.1, 0.15) is 144 Å². The van der Waals surface area contributed by atoms with Crippen molar-refractivity contribution >= 4 is 136 Å². The van der Waals surface area contributed by atoms with Gasteiger partial charge in [0.25, 0.3) is 0 Å². The van der Waals surface area contributed by atoms with Gasteiger partial charge in [0.2, 0.25) is 4.69 Å². The Kier molecular flexibility index (Phi) is 22.7. The van der Waals surface area contributed by atoms with Crippen molar-refractivity contribution in [2.45, 2.75) is 110 Å². The molecule has 2 N–H and O–H groups in total. The van der Waals surface area contributed by atoms with E-state index in [0.717, 1.165) is 66.2 Å². The summed E-state index contributed by atoms with van der Waals surface area (Å²) >= 11 is 5.96. The minimum Gasteiger partial charge on any atom is -0.388 e. The quantitative estimate of drug-likeness (QED) is 0.126. The zero-order valence-electron chi connectivity index (χ0n) is 61.1. The number of rotatable bonds is 1. The average Bonchev–Trinajstić information content (AvgIpc) is 1.67. The molecule has 6 aliphatic rings. The summed E-state index contributed by atoms with van der Waals surface area (Å²) < 4.78 is -0.437. The van der Waals surface area contributed by atoms with E-state index in [9.17, 15) is 24.6 Å². The summed E-state index contributed by atoms with van der Waals surface area (Å²) in [7, 11) is 0. The summed E-state index contributed by atoms with van der Waals surface area (Å²) in [6.45, 7) is 16.2. The van der Waals surface area contributed by atoms with Crippen LogP contribution in [0.3, 0.4) is 0 Å². The third-order valence-corrected chi connectivity index (χ3v) is 23.3. The topological polar surface area (TPSA) is 91.7 Å². The van der Waals surface area contributed by atoms with Gasteiger partial charge in [0, 0.05) is 23.0 Å². The predicted octanol–water partition coefficient (Wildman–Crippen LogP) is 25.1. The third-order valence-electron chi connectivity index (χ3n) is 21.4. The summed E-state index contributed by atoms with van der Waals surface area (Å²) in [5.41, 5.74) is 18.0. The summed E-state index contributed by atoms with van der Waals surface area (Å²) in [5.74, 6) is 1.63. The highest BCUT2D eigenvalue weighted by Crippen LogP contribution is 2.42. The average molecular weight is 1510 g/mol. The number of Topliss-reactive ketones (excluding diaryl/α,β-unsaturated/α-hetero) is 2. The number of alkyl halides is 1. The molecule has 20 rings (SSSR count). The molecule has 0 saturated heterocycles. The van der Waals surface area contributed by atoms with Gasteiger partial charge in [0.15, 0.2) is 11.6 Å². The lowest BCUT2D eigenvalue weighted by molar-refractivity contribution is -0.111. The molecule has 7 heteroatoms.